The Kier molecular flexibility index (Phi) is 4.53. The van der Waals surface area contributed by atoms with E-state index in [4.69, 9.17) is 16.3 Å². The van der Waals surface area contributed by atoms with Gasteiger partial charge in [0.05, 0.1) is 25.6 Å². The number of likely N-dealkylation sites (N-methyl/N-ethyl adjacent to an activating group) is 1. The smallest absolute Gasteiger partial charge is 0.247 e. The van der Waals surface area contributed by atoms with Crippen LogP contribution in [0.3, 0.4) is 0 Å². The number of ether oxygens (including phenoxy) is 1. The van der Waals surface area contributed by atoms with Crippen LogP contribution in [0, 0.1) is 0 Å². The van der Waals surface area contributed by atoms with Gasteiger partial charge in [0, 0.05) is 13.6 Å². The van der Waals surface area contributed by atoms with Crippen molar-refractivity contribution < 1.29 is 17.9 Å². The number of nitrogens with one attached hydrogen (secondary N) is 1. The van der Waals surface area contributed by atoms with E-state index in [0.717, 1.165) is 16.7 Å². The largest absolute Gasteiger partial charge is 0.378 e. The molecular formula is C10H13ClN4O4S. The number of carbonyl (C=O) groups is 1. The van der Waals surface area contributed by atoms with Crippen molar-refractivity contribution in [1.29, 1.82) is 0 Å². The predicted molar refractivity (Wildman–Crippen MR) is 69.6 cm³/mol. The molecule has 1 fully saturated rings. The van der Waals surface area contributed by atoms with Crippen molar-refractivity contribution in [3.8, 4) is 0 Å². The number of sulfonamides is 1. The SMILES string of the molecule is CNC(=O)C1COCCN1S(=O)(=O)c1cnc(Cl)nc1. The Bertz CT molecular complexity index is 592. The number of rotatable bonds is 3. The van der Waals surface area contributed by atoms with Gasteiger partial charge in [-0.1, -0.05) is 0 Å². The lowest BCUT2D eigenvalue weighted by Crippen LogP contribution is -2.55. The third kappa shape index (κ3) is 2.90. The first-order valence-corrected chi connectivity index (χ1v) is 7.57. The molecule has 1 amide bonds. The normalized spacial score (nSPS) is 20.6. The maximum Gasteiger partial charge on any atom is 0.247 e. The van der Waals surface area contributed by atoms with Crippen LogP contribution in [0.4, 0.5) is 0 Å². The number of carbonyl (C=O) groups excluding carboxylic acids is 1. The van der Waals surface area contributed by atoms with Crippen molar-refractivity contribution in [2.75, 3.05) is 26.8 Å². The molecule has 1 aromatic heterocycles. The van der Waals surface area contributed by atoms with E-state index in [2.05, 4.69) is 15.3 Å². The first-order valence-electron chi connectivity index (χ1n) is 5.75. The standard InChI is InChI=1S/C10H13ClN4O4S/c1-12-9(16)8-6-19-3-2-15(8)20(17,18)7-4-13-10(11)14-5-7/h4-5,8H,2-3,6H2,1H3,(H,12,16). The molecular weight excluding hydrogens is 308 g/mol. The number of nitrogens with zero attached hydrogens (tertiary/aromatic N) is 3. The molecule has 0 aromatic carbocycles. The highest BCUT2D eigenvalue weighted by molar-refractivity contribution is 7.89. The maximum atomic E-state index is 12.5. The van der Waals surface area contributed by atoms with Crippen molar-refractivity contribution in [1.82, 2.24) is 19.6 Å². The number of amides is 1. The summed E-state index contributed by atoms with van der Waals surface area (Å²) < 4.78 is 31.2. The summed E-state index contributed by atoms with van der Waals surface area (Å²) in [5.74, 6) is -0.428. The highest BCUT2D eigenvalue weighted by atomic mass is 35.5. The van der Waals surface area contributed by atoms with Crippen molar-refractivity contribution in [2.24, 2.45) is 0 Å². The molecule has 1 aliphatic heterocycles. The molecule has 1 unspecified atom stereocenters. The minimum absolute atomic E-state index is 0.00729. The first kappa shape index (κ1) is 15.1. The number of halogens is 1. The molecule has 1 N–H and O–H groups in total. The predicted octanol–water partition coefficient (Wildman–Crippen LogP) is -0.734. The van der Waals surface area contributed by atoms with Gasteiger partial charge in [-0.25, -0.2) is 18.4 Å². The summed E-state index contributed by atoms with van der Waals surface area (Å²) in [4.78, 5) is 18.9. The summed E-state index contributed by atoms with van der Waals surface area (Å²) in [7, 11) is -2.44. The molecule has 0 spiro atoms. The van der Waals surface area contributed by atoms with Gasteiger partial charge in [0.15, 0.2) is 0 Å². The monoisotopic (exact) mass is 320 g/mol. The summed E-state index contributed by atoms with van der Waals surface area (Å²) in [5.41, 5.74) is 0. The topological polar surface area (TPSA) is 101 Å². The van der Waals surface area contributed by atoms with E-state index in [1.807, 2.05) is 0 Å². The number of morpholine rings is 1. The first-order chi connectivity index (χ1) is 9.46. The molecule has 0 radical (unpaired) electrons. The van der Waals surface area contributed by atoms with Gasteiger partial charge in [-0.05, 0) is 11.6 Å². The Morgan fingerprint density at radius 3 is 2.75 bits per heavy atom. The number of hydrogen-bond acceptors (Lipinski definition) is 6. The van der Waals surface area contributed by atoms with Crippen molar-refractivity contribution in [2.45, 2.75) is 10.9 Å². The quantitative estimate of drug-likeness (QED) is 0.736. The van der Waals surface area contributed by atoms with Crippen LogP contribution in [-0.4, -0.2) is 61.4 Å². The van der Waals surface area contributed by atoms with Gasteiger partial charge in [-0.15, -0.1) is 0 Å². The molecule has 20 heavy (non-hydrogen) atoms. The minimum atomic E-state index is -3.87. The Morgan fingerprint density at radius 2 is 2.15 bits per heavy atom. The lowest BCUT2D eigenvalue weighted by Gasteiger charge is -2.32. The summed E-state index contributed by atoms with van der Waals surface area (Å²) in [6.45, 7) is 0.317. The fourth-order valence-electron chi connectivity index (χ4n) is 1.82. The van der Waals surface area contributed by atoms with Crippen LogP contribution in [0.15, 0.2) is 17.3 Å². The van der Waals surface area contributed by atoms with E-state index in [0.29, 0.717) is 0 Å². The van der Waals surface area contributed by atoms with Gasteiger partial charge in [0.25, 0.3) is 0 Å². The van der Waals surface area contributed by atoms with Gasteiger partial charge in [-0.3, -0.25) is 4.79 Å². The molecule has 0 bridgehead atoms. The van der Waals surface area contributed by atoms with Crippen molar-refractivity contribution in [3.05, 3.63) is 17.7 Å². The molecule has 2 rings (SSSR count). The van der Waals surface area contributed by atoms with E-state index in [1.54, 1.807) is 0 Å². The van der Waals surface area contributed by atoms with Crippen LogP contribution in [0.25, 0.3) is 0 Å². The summed E-state index contributed by atoms with van der Waals surface area (Å²) in [6, 6.07) is -0.908. The Hall–Kier alpha value is -1.29. The molecule has 1 aromatic rings. The molecule has 1 saturated heterocycles. The van der Waals surface area contributed by atoms with Gasteiger partial charge in [0.1, 0.15) is 10.9 Å². The number of aromatic nitrogens is 2. The van der Waals surface area contributed by atoms with Crippen LogP contribution >= 0.6 is 11.6 Å². The minimum Gasteiger partial charge on any atom is -0.378 e. The van der Waals surface area contributed by atoms with Crippen LogP contribution in [0.1, 0.15) is 0 Å². The van der Waals surface area contributed by atoms with Gasteiger partial charge >= 0.3 is 0 Å². The van der Waals surface area contributed by atoms with E-state index < -0.39 is 22.0 Å². The highest BCUT2D eigenvalue weighted by Crippen LogP contribution is 2.20. The zero-order valence-corrected chi connectivity index (χ0v) is 12.2. The fourth-order valence-corrected chi connectivity index (χ4v) is 3.36. The second-order valence-corrected chi connectivity index (χ2v) is 6.24. The lowest BCUT2D eigenvalue weighted by molar-refractivity contribution is -0.128. The van der Waals surface area contributed by atoms with Crippen molar-refractivity contribution in [3.63, 3.8) is 0 Å². The Morgan fingerprint density at radius 1 is 1.50 bits per heavy atom. The molecule has 0 saturated carbocycles. The second-order valence-electron chi connectivity index (χ2n) is 4.01. The number of hydrogen-bond donors (Lipinski definition) is 1. The van der Waals surface area contributed by atoms with Crippen molar-refractivity contribution >= 4 is 27.5 Å². The Labute approximate surface area is 121 Å². The van der Waals surface area contributed by atoms with Crippen LogP contribution in [-0.2, 0) is 19.6 Å². The average molecular weight is 321 g/mol. The lowest BCUT2D eigenvalue weighted by atomic mass is 10.2. The molecule has 1 atom stereocenters. The van der Waals surface area contributed by atoms with E-state index in [-0.39, 0.29) is 29.9 Å². The van der Waals surface area contributed by atoms with Crippen LogP contribution in [0.2, 0.25) is 5.28 Å². The summed E-state index contributed by atoms with van der Waals surface area (Å²) in [5, 5.41) is 2.37. The average Bonchev–Trinajstić information content (AvgIpc) is 2.47. The summed E-state index contributed by atoms with van der Waals surface area (Å²) >= 11 is 5.53. The fraction of sp³-hybridized carbons (Fsp3) is 0.500. The molecule has 110 valence electrons. The third-order valence-corrected chi connectivity index (χ3v) is 4.89. The van der Waals surface area contributed by atoms with Crippen LogP contribution < -0.4 is 5.32 Å². The molecule has 1 aliphatic rings. The van der Waals surface area contributed by atoms with Gasteiger partial charge in [0.2, 0.25) is 21.2 Å². The molecule has 2 heterocycles. The van der Waals surface area contributed by atoms with Crippen LogP contribution in [0.5, 0.6) is 0 Å². The Balaban J connectivity index is 2.35. The summed E-state index contributed by atoms with van der Waals surface area (Å²) in [6.07, 6.45) is 2.22. The molecule has 0 aliphatic carbocycles. The third-order valence-electron chi connectivity index (χ3n) is 2.83. The van der Waals surface area contributed by atoms with Gasteiger partial charge < -0.3 is 10.1 Å². The van der Waals surface area contributed by atoms with E-state index in [1.165, 1.54) is 7.05 Å². The zero-order chi connectivity index (χ0) is 14.8. The van der Waals surface area contributed by atoms with E-state index in [9.17, 15) is 13.2 Å². The van der Waals surface area contributed by atoms with E-state index >= 15 is 0 Å². The zero-order valence-electron chi connectivity index (χ0n) is 10.6. The highest BCUT2D eigenvalue weighted by Gasteiger charge is 2.38. The second kappa shape index (κ2) is 6.00. The molecule has 8 nitrogen and oxygen atoms in total. The molecule has 10 heteroatoms. The van der Waals surface area contributed by atoms with Gasteiger partial charge in [-0.2, -0.15) is 4.31 Å². The maximum absolute atomic E-state index is 12.5.